The smallest absolute Gasteiger partial charge is 0.311 e. The van der Waals surface area contributed by atoms with Crippen LogP contribution in [0, 0.1) is 5.41 Å². The molecule has 1 rings (SSSR count). The number of benzene rings is 1. The summed E-state index contributed by atoms with van der Waals surface area (Å²) in [6.45, 7) is 7.03. The standard InChI is InChI=1S/C16H20O4/c1-12(17)20-14-9-7-13(8-10-14)6-5-11-19-15(18)16(2,3)4/h5-10H,11H2,1-4H3. The number of hydrogen-bond donors (Lipinski definition) is 0. The Morgan fingerprint density at radius 1 is 1.15 bits per heavy atom. The normalized spacial score (nSPS) is 11.4. The summed E-state index contributed by atoms with van der Waals surface area (Å²) >= 11 is 0. The number of hydrogen-bond acceptors (Lipinski definition) is 4. The molecule has 0 heterocycles. The van der Waals surface area contributed by atoms with E-state index in [0.29, 0.717) is 5.75 Å². The molecule has 0 unspecified atom stereocenters. The van der Waals surface area contributed by atoms with Gasteiger partial charge < -0.3 is 9.47 Å². The van der Waals surface area contributed by atoms with Crippen molar-refractivity contribution in [2.24, 2.45) is 5.41 Å². The number of rotatable bonds is 4. The Bertz CT molecular complexity index is 492. The van der Waals surface area contributed by atoms with E-state index in [0.717, 1.165) is 5.56 Å². The first-order valence-corrected chi connectivity index (χ1v) is 6.41. The summed E-state index contributed by atoms with van der Waals surface area (Å²) in [7, 11) is 0. The number of carbonyl (C=O) groups is 2. The van der Waals surface area contributed by atoms with Crippen LogP contribution in [0.1, 0.15) is 33.3 Å². The average Bonchev–Trinajstić information content (AvgIpc) is 2.34. The van der Waals surface area contributed by atoms with Crippen LogP contribution in [0.3, 0.4) is 0 Å². The molecule has 0 aliphatic rings. The third kappa shape index (κ3) is 5.69. The molecule has 0 bridgehead atoms. The van der Waals surface area contributed by atoms with Crippen LogP contribution in [0.25, 0.3) is 6.08 Å². The minimum absolute atomic E-state index is 0.229. The summed E-state index contributed by atoms with van der Waals surface area (Å²) in [4.78, 5) is 22.3. The molecule has 0 saturated heterocycles. The van der Waals surface area contributed by atoms with Crippen molar-refractivity contribution in [1.82, 2.24) is 0 Å². The predicted octanol–water partition coefficient (Wildman–Crippen LogP) is 3.21. The molecule has 0 radical (unpaired) electrons. The van der Waals surface area contributed by atoms with E-state index in [1.54, 1.807) is 18.2 Å². The molecular weight excluding hydrogens is 256 g/mol. The number of carbonyl (C=O) groups excluding carboxylic acids is 2. The van der Waals surface area contributed by atoms with Crippen LogP contribution in [0.15, 0.2) is 30.3 Å². The van der Waals surface area contributed by atoms with Crippen molar-refractivity contribution < 1.29 is 19.1 Å². The van der Waals surface area contributed by atoms with Crippen LogP contribution in [0.2, 0.25) is 0 Å². The Labute approximate surface area is 119 Å². The summed E-state index contributed by atoms with van der Waals surface area (Å²) in [5.74, 6) is -0.0662. The van der Waals surface area contributed by atoms with Gasteiger partial charge in [-0.2, -0.15) is 0 Å². The minimum Gasteiger partial charge on any atom is -0.461 e. The summed E-state index contributed by atoms with van der Waals surface area (Å²) in [6.07, 6.45) is 3.61. The van der Waals surface area contributed by atoms with Crippen LogP contribution in [0.5, 0.6) is 5.75 Å². The largest absolute Gasteiger partial charge is 0.461 e. The fourth-order valence-electron chi connectivity index (χ4n) is 1.34. The Hall–Kier alpha value is -2.10. The molecule has 0 saturated carbocycles. The van der Waals surface area contributed by atoms with Crippen LogP contribution >= 0.6 is 0 Å². The van der Waals surface area contributed by atoms with Crippen molar-refractivity contribution >= 4 is 18.0 Å². The third-order valence-corrected chi connectivity index (χ3v) is 2.38. The van der Waals surface area contributed by atoms with E-state index in [2.05, 4.69) is 0 Å². The molecule has 0 aliphatic carbocycles. The third-order valence-electron chi connectivity index (χ3n) is 2.38. The van der Waals surface area contributed by atoms with Gasteiger partial charge in [-0.05, 0) is 44.5 Å². The first-order valence-electron chi connectivity index (χ1n) is 6.41. The van der Waals surface area contributed by atoms with Gasteiger partial charge >= 0.3 is 11.9 Å². The highest BCUT2D eigenvalue weighted by Crippen LogP contribution is 2.15. The summed E-state index contributed by atoms with van der Waals surface area (Å²) < 4.78 is 10.0. The highest BCUT2D eigenvalue weighted by atomic mass is 16.5. The van der Waals surface area contributed by atoms with Crippen LogP contribution in [-0.4, -0.2) is 18.5 Å². The van der Waals surface area contributed by atoms with E-state index in [4.69, 9.17) is 9.47 Å². The van der Waals surface area contributed by atoms with Gasteiger partial charge in [-0.15, -0.1) is 0 Å². The zero-order valence-corrected chi connectivity index (χ0v) is 12.3. The minimum atomic E-state index is -0.487. The highest BCUT2D eigenvalue weighted by molar-refractivity contribution is 5.75. The lowest BCUT2D eigenvalue weighted by Crippen LogP contribution is -2.22. The topological polar surface area (TPSA) is 52.6 Å². The molecule has 0 fully saturated rings. The second-order valence-corrected chi connectivity index (χ2v) is 5.41. The molecule has 0 atom stereocenters. The number of ether oxygens (including phenoxy) is 2. The van der Waals surface area contributed by atoms with Crippen molar-refractivity contribution in [3.63, 3.8) is 0 Å². The van der Waals surface area contributed by atoms with Gasteiger partial charge in [0.15, 0.2) is 0 Å². The van der Waals surface area contributed by atoms with Gasteiger partial charge in [0, 0.05) is 6.92 Å². The first-order chi connectivity index (χ1) is 9.29. The average molecular weight is 276 g/mol. The second kappa shape index (κ2) is 6.89. The van der Waals surface area contributed by atoms with Gasteiger partial charge in [-0.25, -0.2) is 0 Å². The van der Waals surface area contributed by atoms with Crippen molar-refractivity contribution in [3.05, 3.63) is 35.9 Å². The Kier molecular flexibility index (Phi) is 5.50. The fraction of sp³-hybridized carbons (Fsp3) is 0.375. The van der Waals surface area contributed by atoms with E-state index in [-0.39, 0.29) is 18.5 Å². The van der Waals surface area contributed by atoms with Crippen molar-refractivity contribution in [3.8, 4) is 5.75 Å². The van der Waals surface area contributed by atoms with Crippen molar-refractivity contribution in [2.75, 3.05) is 6.61 Å². The predicted molar refractivity (Wildman–Crippen MR) is 77.2 cm³/mol. The molecule has 4 nitrogen and oxygen atoms in total. The lowest BCUT2D eigenvalue weighted by Gasteiger charge is -2.15. The zero-order chi connectivity index (χ0) is 15.2. The van der Waals surface area contributed by atoms with E-state index >= 15 is 0 Å². The quantitative estimate of drug-likeness (QED) is 0.626. The maximum atomic E-state index is 11.5. The van der Waals surface area contributed by atoms with E-state index < -0.39 is 5.41 Å². The molecule has 4 heteroatoms. The highest BCUT2D eigenvalue weighted by Gasteiger charge is 2.22. The second-order valence-electron chi connectivity index (χ2n) is 5.41. The Balaban J connectivity index is 2.47. The van der Waals surface area contributed by atoms with Gasteiger partial charge in [0.05, 0.1) is 5.41 Å². The zero-order valence-electron chi connectivity index (χ0n) is 12.3. The Morgan fingerprint density at radius 2 is 1.75 bits per heavy atom. The van der Waals surface area contributed by atoms with Gasteiger partial charge in [-0.3, -0.25) is 9.59 Å². The monoisotopic (exact) mass is 276 g/mol. The van der Waals surface area contributed by atoms with Gasteiger partial charge in [0.25, 0.3) is 0 Å². The van der Waals surface area contributed by atoms with Crippen LogP contribution in [-0.2, 0) is 14.3 Å². The van der Waals surface area contributed by atoms with E-state index in [1.165, 1.54) is 6.92 Å². The van der Waals surface area contributed by atoms with E-state index in [9.17, 15) is 9.59 Å². The molecular formula is C16H20O4. The molecule has 0 N–H and O–H groups in total. The van der Waals surface area contributed by atoms with E-state index in [1.807, 2.05) is 39.0 Å². The summed E-state index contributed by atoms with van der Waals surface area (Å²) in [5.41, 5.74) is 0.451. The summed E-state index contributed by atoms with van der Waals surface area (Å²) in [6, 6.07) is 7.06. The molecule has 1 aromatic carbocycles. The molecule has 1 aromatic rings. The molecule has 20 heavy (non-hydrogen) atoms. The van der Waals surface area contributed by atoms with Gasteiger partial charge in [0.2, 0.25) is 0 Å². The lowest BCUT2D eigenvalue weighted by atomic mass is 9.97. The van der Waals surface area contributed by atoms with Gasteiger partial charge in [-0.1, -0.05) is 18.2 Å². The first kappa shape index (κ1) is 16.0. The molecule has 0 spiro atoms. The summed E-state index contributed by atoms with van der Waals surface area (Å²) in [5, 5.41) is 0. The van der Waals surface area contributed by atoms with Crippen molar-refractivity contribution in [2.45, 2.75) is 27.7 Å². The number of esters is 2. The van der Waals surface area contributed by atoms with Gasteiger partial charge in [0.1, 0.15) is 12.4 Å². The molecule has 0 aromatic heterocycles. The van der Waals surface area contributed by atoms with Crippen LogP contribution < -0.4 is 4.74 Å². The van der Waals surface area contributed by atoms with Crippen molar-refractivity contribution in [1.29, 1.82) is 0 Å². The molecule has 0 aliphatic heterocycles. The molecule has 108 valence electrons. The SMILES string of the molecule is CC(=O)Oc1ccc(C=CCOC(=O)C(C)(C)C)cc1. The maximum absolute atomic E-state index is 11.5. The van der Waals surface area contributed by atoms with Crippen LogP contribution in [0.4, 0.5) is 0 Å². The fourth-order valence-corrected chi connectivity index (χ4v) is 1.34. The molecule has 0 amide bonds. The Morgan fingerprint density at radius 3 is 2.25 bits per heavy atom. The lowest BCUT2D eigenvalue weighted by molar-refractivity contribution is -0.151. The maximum Gasteiger partial charge on any atom is 0.311 e.